The fourth-order valence-electron chi connectivity index (χ4n) is 2.43. The number of H-pyrrole nitrogens is 1. The number of anilines is 2. The number of aromatic amines is 1. The van der Waals surface area contributed by atoms with Crippen molar-refractivity contribution in [2.24, 2.45) is 0 Å². The van der Waals surface area contributed by atoms with Crippen LogP contribution in [0.3, 0.4) is 0 Å². The molecule has 6 nitrogen and oxygen atoms in total. The predicted molar refractivity (Wildman–Crippen MR) is 96.0 cm³/mol. The minimum atomic E-state index is -0.487. The Morgan fingerprint density at radius 1 is 1.16 bits per heavy atom. The average Bonchev–Trinajstić information content (AvgIpc) is 2.63. The van der Waals surface area contributed by atoms with Crippen LogP contribution < -0.4 is 15.6 Å². The lowest BCUT2D eigenvalue weighted by Crippen LogP contribution is -2.16. The van der Waals surface area contributed by atoms with Crippen LogP contribution in [0.1, 0.15) is 11.1 Å². The third kappa shape index (κ3) is 3.35. The summed E-state index contributed by atoms with van der Waals surface area (Å²) in [5, 5.41) is 12.4. The number of nitriles is 1. The Balaban J connectivity index is 2.08. The minimum absolute atomic E-state index is 0.0273. The number of nitrogens with zero attached hydrogens (tertiary/aromatic N) is 2. The molecule has 1 heterocycles. The molecule has 0 aliphatic heterocycles. The second-order valence-corrected chi connectivity index (χ2v) is 5.42. The highest BCUT2D eigenvalue weighted by Crippen LogP contribution is 2.24. The predicted octanol–water partition coefficient (Wildman–Crippen LogP) is 3.37. The van der Waals surface area contributed by atoms with E-state index in [0.29, 0.717) is 17.0 Å². The van der Waals surface area contributed by atoms with E-state index in [9.17, 15) is 10.1 Å². The number of methoxy groups -OCH3 is 1. The SMILES string of the molecule is COc1ccc(-c2nc(Nc3ccccc3C)[nH]c(=O)c2C#N)cc1. The van der Waals surface area contributed by atoms with Gasteiger partial charge in [-0.25, -0.2) is 4.98 Å². The van der Waals surface area contributed by atoms with Crippen LogP contribution in [0.2, 0.25) is 0 Å². The second-order valence-electron chi connectivity index (χ2n) is 5.42. The molecule has 0 aliphatic rings. The summed E-state index contributed by atoms with van der Waals surface area (Å²) in [5.41, 5.74) is 2.32. The number of hydrogen-bond donors (Lipinski definition) is 2. The summed E-state index contributed by atoms with van der Waals surface area (Å²) in [6, 6.07) is 16.6. The summed E-state index contributed by atoms with van der Waals surface area (Å²) < 4.78 is 5.14. The number of hydrogen-bond acceptors (Lipinski definition) is 5. The molecule has 0 atom stereocenters. The van der Waals surface area contributed by atoms with E-state index in [1.807, 2.05) is 37.3 Å². The first-order valence-corrected chi connectivity index (χ1v) is 7.64. The maximum Gasteiger partial charge on any atom is 0.270 e. The summed E-state index contributed by atoms with van der Waals surface area (Å²) in [7, 11) is 1.57. The Labute approximate surface area is 144 Å². The van der Waals surface area contributed by atoms with Crippen LogP contribution in [0.4, 0.5) is 11.6 Å². The first kappa shape index (κ1) is 16.3. The lowest BCUT2D eigenvalue weighted by Gasteiger charge is -2.11. The normalized spacial score (nSPS) is 10.1. The molecule has 0 spiro atoms. The number of aromatic nitrogens is 2. The highest BCUT2D eigenvalue weighted by molar-refractivity contribution is 5.69. The quantitative estimate of drug-likeness (QED) is 0.764. The standard InChI is InChI=1S/C19H16N4O2/c1-12-5-3-4-6-16(12)21-19-22-17(15(11-20)18(24)23-19)13-7-9-14(25-2)10-8-13/h3-10H,1-2H3,(H2,21,22,23,24). The molecular formula is C19H16N4O2. The number of rotatable bonds is 4. The van der Waals surface area contributed by atoms with E-state index in [2.05, 4.69) is 15.3 Å². The molecule has 2 N–H and O–H groups in total. The molecular weight excluding hydrogens is 316 g/mol. The van der Waals surface area contributed by atoms with Gasteiger partial charge in [-0.05, 0) is 42.8 Å². The fraction of sp³-hybridized carbons (Fsp3) is 0.105. The van der Waals surface area contributed by atoms with Crippen molar-refractivity contribution in [1.29, 1.82) is 5.26 Å². The Kier molecular flexibility index (Phi) is 4.48. The molecule has 0 saturated carbocycles. The van der Waals surface area contributed by atoms with Gasteiger partial charge in [-0.1, -0.05) is 18.2 Å². The summed E-state index contributed by atoms with van der Waals surface area (Å²) in [6.07, 6.45) is 0. The smallest absolute Gasteiger partial charge is 0.270 e. The molecule has 25 heavy (non-hydrogen) atoms. The second kappa shape index (κ2) is 6.89. The van der Waals surface area contributed by atoms with E-state index in [0.717, 1.165) is 11.3 Å². The molecule has 124 valence electrons. The number of benzene rings is 2. The Morgan fingerprint density at radius 3 is 2.52 bits per heavy atom. The number of aryl methyl sites for hydroxylation is 1. The van der Waals surface area contributed by atoms with Gasteiger partial charge in [0, 0.05) is 11.3 Å². The van der Waals surface area contributed by atoms with E-state index < -0.39 is 5.56 Å². The Morgan fingerprint density at radius 2 is 1.88 bits per heavy atom. The van der Waals surface area contributed by atoms with Gasteiger partial charge in [0.25, 0.3) is 5.56 Å². The van der Waals surface area contributed by atoms with Gasteiger partial charge in [0.05, 0.1) is 12.8 Å². The zero-order valence-corrected chi connectivity index (χ0v) is 13.8. The van der Waals surface area contributed by atoms with Gasteiger partial charge < -0.3 is 10.1 Å². The van der Waals surface area contributed by atoms with Crippen LogP contribution in [-0.4, -0.2) is 17.1 Å². The Hall–Kier alpha value is -3.59. The van der Waals surface area contributed by atoms with E-state index >= 15 is 0 Å². The monoisotopic (exact) mass is 332 g/mol. The van der Waals surface area contributed by atoms with Crippen molar-refractivity contribution < 1.29 is 4.74 Å². The maximum atomic E-state index is 12.3. The minimum Gasteiger partial charge on any atom is -0.497 e. The van der Waals surface area contributed by atoms with E-state index in [1.165, 1.54) is 0 Å². The van der Waals surface area contributed by atoms with Gasteiger partial charge in [-0.3, -0.25) is 9.78 Å². The molecule has 1 aromatic heterocycles. The molecule has 0 fully saturated rings. The zero-order valence-electron chi connectivity index (χ0n) is 13.8. The molecule has 2 aromatic carbocycles. The zero-order chi connectivity index (χ0) is 17.8. The molecule has 3 rings (SSSR count). The number of ether oxygens (including phenoxy) is 1. The van der Waals surface area contributed by atoms with E-state index in [4.69, 9.17) is 4.74 Å². The van der Waals surface area contributed by atoms with Crippen molar-refractivity contribution >= 4 is 11.6 Å². The van der Waals surface area contributed by atoms with Crippen LogP contribution in [0.5, 0.6) is 5.75 Å². The van der Waals surface area contributed by atoms with Crippen LogP contribution in [0, 0.1) is 18.3 Å². The number of para-hydroxylation sites is 1. The molecule has 0 aliphatic carbocycles. The van der Waals surface area contributed by atoms with Crippen molar-refractivity contribution in [2.45, 2.75) is 6.92 Å². The van der Waals surface area contributed by atoms with Crippen molar-refractivity contribution in [3.05, 3.63) is 70.0 Å². The summed E-state index contributed by atoms with van der Waals surface area (Å²) >= 11 is 0. The summed E-state index contributed by atoms with van der Waals surface area (Å²) in [4.78, 5) is 19.3. The molecule has 3 aromatic rings. The lowest BCUT2D eigenvalue weighted by molar-refractivity contribution is 0.415. The van der Waals surface area contributed by atoms with Gasteiger partial charge >= 0.3 is 0 Å². The summed E-state index contributed by atoms with van der Waals surface area (Å²) in [5.74, 6) is 0.967. The Bertz CT molecular complexity index is 1000. The highest BCUT2D eigenvalue weighted by atomic mass is 16.5. The van der Waals surface area contributed by atoms with Crippen LogP contribution in [0.15, 0.2) is 53.3 Å². The largest absolute Gasteiger partial charge is 0.497 e. The third-order valence-electron chi connectivity index (χ3n) is 3.79. The molecule has 0 unspecified atom stereocenters. The van der Waals surface area contributed by atoms with Crippen LogP contribution in [-0.2, 0) is 0 Å². The average molecular weight is 332 g/mol. The maximum absolute atomic E-state index is 12.3. The van der Waals surface area contributed by atoms with Gasteiger partial charge in [0.15, 0.2) is 0 Å². The number of nitrogens with one attached hydrogen (secondary N) is 2. The van der Waals surface area contributed by atoms with Crippen molar-refractivity contribution in [2.75, 3.05) is 12.4 Å². The lowest BCUT2D eigenvalue weighted by atomic mass is 10.1. The third-order valence-corrected chi connectivity index (χ3v) is 3.79. The molecule has 0 saturated heterocycles. The first-order valence-electron chi connectivity index (χ1n) is 7.64. The van der Waals surface area contributed by atoms with Crippen molar-refractivity contribution in [1.82, 2.24) is 9.97 Å². The van der Waals surface area contributed by atoms with Crippen LogP contribution in [0.25, 0.3) is 11.3 Å². The van der Waals surface area contributed by atoms with E-state index in [1.54, 1.807) is 31.4 Å². The summed E-state index contributed by atoms with van der Waals surface area (Å²) in [6.45, 7) is 1.95. The van der Waals surface area contributed by atoms with Crippen molar-refractivity contribution in [3.8, 4) is 23.1 Å². The van der Waals surface area contributed by atoms with E-state index in [-0.39, 0.29) is 11.5 Å². The van der Waals surface area contributed by atoms with Gasteiger partial charge in [0.2, 0.25) is 5.95 Å². The molecule has 0 amide bonds. The molecule has 6 heteroatoms. The van der Waals surface area contributed by atoms with Gasteiger partial charge in [-0.15, -0.1) is 0 Å². The highest BCUT2D eigenvalue weighted by Gasteiger charge is 2.14. The van der Waals surface area contributed by atoms with Crippen molar-refractivity contribution in [3.63, 3.8) is 0 Å². The molecule has 0 bridgehead atoms. The van der Waals surface area contributed by atoms with Gasteiger partial charge in [-0.2, -0.15) is 5.26 Å². The topological polar surface area (TPSA) is 90.8 Å². The van der Waals surface area contributed by atoms with Gasteiger partial charge in [0.1, 0.15) is 17.4 Å². The fourth-order valence-corrected chi connectivity index (χ4v) is 2.43. The van der Waals surface area contributed by atoms with Crippen LogP contribution >= 0.6 is 0 Å². The molecule has 0 radical (unpaired) electrons. The first-order chi connectivity index (χ1) is 12.1.